The molecule has 0 bridgehead atoms. The van der Waals surface area contributed by atoms with Crippen LogP contribution < -0.4 is 10.0 Å². The lowest BCUT2D eigenvalue weighted by Crippen LogP contribution is -2.34. The molecule has 2 N–H and O–H groups in total. The summed E-state index contributed by atoms with van der Waals surface area (Å²) >= 11 is 1.62. The summed E-state index contributed by atoms with van der Waals surface area (Å²) in [4.78, 5) is 0.303. The van der Waals surface area contributed by atoms with Crippen LogP contribution in [0.5, 0.6) is 0 Å². The van der Waals surface area contributed by atoms with Crippen LogP contribution in [0.3, 0.4) is 0 Å². The van der Waals surface area contributed by atoms with Gasteiger partial charge in [-0.15, -0.1) is 0 Å². The predicted molar refractivity (Wildman–Crippen MR) is 78.8 cm³/mol. The molecule has 18 heavy (non-hydrogen) atoms. The van der Waals surface area contributed by atoms with Crippen LogP contribution >= 0.6 is 11.8 Å². The van der Waals surface area contributed by atoms with Gasteiger partial charge in [0.25, 0.3) is 0 Å². The number of rotatable bonds is 7. The van der Waals surface area contributed by atoms with Crippen molar-refractivity contribution in [2.45, 2.75) is 24.8 Å². The zero-order valence-electron chi connectivity index (χ0n) is 10.9. The Balaban J connectivity index is 2.78. The normalized spacial score (nSPS) is 13.3. The average Bonchev–Trinajstić information content (AvgIpc) is 2.29. The van der Waals surface area contributed by atoms with Crippen LogP contribution in [0.1, 0.15) is 13.8 Å². The van der Waals surface area contributed by atoms with Crippen molar-refractivity contribution in [3.05, 3.63) is 24.3 Å². The Labute approximate surface area is 114 Å². The summed E-state index contributed by atoms with van der Waals surface area (Å²) in [5, 5.41) is 3.13. The minimum atomic E-state index is -3.40. The van der Waals surface area contributed by atoms with Crippen LogP contribution in [0.15, 0.2) is 29.2 Å². The van der Waals surface area contributed by atoms with Crippen LogP contribution in [-0.4, -0.2) is 33.0 Å². The van der Waals surface area contributed by atoms with E-state index in [0.29, 0.717) is 4.90 Å². The lowest BCUT2D eigenvalue weighted by atomic mass is 10.3. The number of benzene rings is 1. The third-order valence-electron chi connectivity index (χ3n) is 2.32. The Hall–Kier alpha value is -0.720. The lowest BCUT2D eigenvalue weighted by Gasteiger charge is -2.13. The fraction of sp³-hybridized carbons (Fsp3) is 0.500. The molecule has 1 rings (SSSR count). The minimum Gasteiger partial charge on any atom is -0.385 e. The van der Waals surface area contributed by atoms with Crippen molar-refractivity contribution in [3.63, 3.8) is 0 Å². The van der Waals surface area contributed by atoms with Crippen molar-refractivity contribution in [3.8, 4) is 0 Å². The van der Waals surface area contributed by atoms with Gasteiger partial charge in [-0.1, -0.05) is 0 Å². The zero-order valence-corrected chi connectivity index (χ0v) is 12.6. The number of thioether (sulfide) groups is 1. The predicted octanol–water partition coefficient (Wildman–Crippen LogP) is 2.15. The molecule has 4 nitrogen and oxygen atoms in total. The van der Waals surface area contributed by atoms with E-state index in [4.69, 9.17) is 0 Å². The zero-order chi connectivity index (χ0) is 13.6. The molecule has 0 aliphatic rings. The summed E-state index contributed by atoms with van der Waals surface area (Å²) in [6, 6.07) is 6.71. The number of sulfonamides is 1. The first kappa shape index (κ1) is 15.3. The molecule has 1 atom stereocenters. The molecular formula is C12H20N2O2S2. The number of nitrogens with one attached hydrogen (secondary N) is 2. The molecule has 0 fully saturated rings. The molecule has 0 saturated heterocycles. The van der Waals surface area contributed by atoms with Gasteiger partial charge in [-0.3, -0.25) is 0 Å². The topological polar surface area (TPSA) is 58.2 Å². The summed E-state index contributed by atoms with van der Waals surface area (Å²) in [5.74, 6) is 0.759. The van der Waals surface area contributed by atoms with Crippen molar-refractivity contribution >= 4 is 27.5 Å². The summed E-state index contributed by atoms with van der Waals surface area (Å²) in [6.07, 6.45) is 1.95. The minimum absolute atomic E-state index is 0.0709. The Morgan fingerprint density at radius 3 is 2.39 bits per heavy atom. The Kier molecular flexibility index (Phi) is 5.98. The highest BCUT2D eigenvalue weighted by Gasteiger charge is 2.16. The van der Waals surface area contributed by atoms with E-state index in [1.165, 1.54) is 0 Å². The molecule has 0 radical (unpaired) electrons. The molecule has 6 heteroatoms. The average molecular weight is 288 g/mol. The van der Waals surface area contributed by atoms with Gasteiger partial charge in [-0.25, -0.2) is 13.1 Å². The van der Waals surface area contributed by atoms with E-state index in [2.05, 4.69) is 10.0 Å². The van der Waals surface area contributed by atoms with Gasteiger partial charge in [0.05, 0.1) is 4.90 Å². The quantitative estimate of drug-likeness (QED) is 0.807. The summed E-state index contributed by atoms with van der Waals surface area (Å²) in [5.41, 5.74) is 0.925. The van der Waals surface area contributed by atoms with Crippen molar-refractivity contribution in [2.24, 2.45) is 0 Å². The molecule has 1 unspecified atom stereocenters. The van der Waals surface area contributed by atoms with Gasteiger partial charge in [0.1, 0.15) is 0 Å². The fourth-order valence-electron chi connectivity index (χ4n) is 1.57. The van der Waals surface area contributed by atoms with Crippen molar-refractivity contribution in [1.82, 2.24) is 4.72 Å². The largest absolute Gasteiger partial charge is 0.385 e. The second-order valence-electron chi connectivity index (χ2n) is 4.03. The van der Waals surface area contributed by atoms with Crippen LogP contribution in [0, 0.1) is 0 Å². The van der Waals surface area contributed by atoms with Gasteiger partial charge in [0.2, 0.25) is 10.0 Å². The third kappa shape index (κ3) is 4.51. The van der Waals surface area contributed by atoms with Crippen molar-refractivity contribution in [1.29, 1.82) is 0 Å². The first-order valence-electron chi connectivity index (χ1n) is 5.84. The fourth-order valence-corrected chi connectivity index (χ4v) is 3.51. The summed E-state index contributed by atoms with van der Waals surface area (Å²) in [7, 11) is -3.40. The maximum absolute atomic E-state index is 12.0. The molecule has 102 valence electrons. The standard InChI is InChI=1S/C12H20N2O2S2/c1-4-13-11-5-7-12(8-6-11)18(15,16)14-10(2)9-17-3/h5-8,10,13-14H,4,9H2,1-3H3. The smallest absolute Gasteiger partial charge is 0.240 e. The highest BCUT2D eigenvalue weighted by Crippen LogP contribution is 2.14. The molecule has 0 aliphatic heterocycles. The van der Waals surface area contributed by atoms with Gasteiger partial charge in [-0.2, -0.15) is 11.8 Å². The molecule has 0 spiro atoms. The van der Waals surface area contributed by atoms with Gasteiger partial charge >= 0.3 is 0 Å². The van der Waals surface area contributed by atoms with Crippen LogP contribution in [0.4, 0.5) is 5.69 Å². The van der Waals surface area contributed by atoms with E-state index >= 15 is 0 Å². The molecule has 0 amide bonds. The maximum Gasteiger partial charge on any atom is 0.240 e. The van der Waals surface area contributed by atoms with Crippen LogP contribution in [0.25, 0.3) is 0 Å². The maximum atomic E-state index is 12.0. The number of hydrogen-bond donors (Lipinski definition) is 2. The SMILES string of the molecule is CCNc1ccc(S(=O)(=O)NC(C)CSC)cc1. The first-order valence-corrected chi connectivity index (χ1v) is 8.72. The molecular weight excluding hydrogens is 268 g/mol. The Bertz CT molecular complexity index is 457. The highest BCUT2D eigenvalue weighted by molar-refractivity contribution is 7.98. The molecule has 0 aliphatic carbocycles. The molecule has 0 saturated carbocycles. The number of hydrogen-bond acceptors (Lipinski definition) is 4. The molecule has 0 heterocycles. The molecule has 1 aromatic carbocycles. The monoisotopic (exact) mass is 288 g/mol. The van der Waals surface area contributed by atoms with Crippen LogP contribution in [0.2, 0.25) is 0 Å². The van der Waals surface area contributed by atoms with Gasteiger partial charge in [0, 0.05) is 24.0 Å². The third-order valence-corrected chi connectivity index (χ3v) is 4.76. The summed E-state index contributed by atoms with van der Waals surface area (Å²) < 4.78 is 26.7. The van der Waals surface area contributed by atoms with E-state index in [1.54, 1.807) is 36.0 Å². The van der Waals surface area contributed by atoms with Crippen molar-refractivity contribution < 1.29 is 8.42 Å². The first-order chi connectivity index (χ1) is 8.49. The number of anilines is 1. The van der Waals surface area contributed by atoms with Gasteiger partial charge < -0.3 is 5.32 Å². The highest BCUT2D eigenvalue weighted by atomic mass is 32.2. The van der Waals surface area contributed by atoms with Crippen molar-refractivity contribution in [2.75, 3.05) is 23.9 Å². The lowest BCUT2D eigenvalue weighted by molar-refractivity contribution is 0.571. The van der Waals surface area contributed by atoms with E-state index in [-0.39, 0.29) is 6.04 Å². The van der Waals surface area contributed by atoms with E-state index in [0.717, 1.165) is 18.0 Å². The second kappa shape index (κ2) is 7.01. The second-order valence-corrected chi connectivity index (χ2v) is 6.66. The van der Waals surface area contributed by atoms with Gasteiger partial charge in [0.15, 0.2) is 0 Å². The summed E-state index contributed by atoms with van der Waals surface area (Å²) in [6.45, 7) is 4.67. The van der Waals surface area contributed by atoms with E-state index < -0.39 is 10.0 Å². The Morgan fingerprint density at radius 2 is 1.89 bits per heavy atom. The Morgan fingerprint density at radius 1 is 1.28 bits per heavy atom. The van der Waals surface area contributed by atoms with Crippen LogP contribution in [-0.2, 0) is 10.0 Å². The molecule has 0 aromatic heterocycles. The van der Waals surface area contributed by atoms with E-state index in [9.17, 15) is 8.42 Å². The van der Waals surface area contributed by atoms with E-state index in [1.807, 2.05) is 20.1 Å². The molecule has 1 aromatic rings. The van der Waals surface area contributed by atoms with Gasteiger partial charge in [-0.05, 0) is 44.4 Å².